The van der Waals surface area contributed by atoms with Gasteiger partial charge in [-0.2, -0.15) is 25.3 Å². The Balaban J connectivity index is 3.43. The van der Waals surface area contributed by atoms with Crippen molar-refractivity contribution in [3.63, 3.8) is 0 Å². The lowest BCUT2D eigenvalue weighted by molar-refractivity contribution is 0.482. The maximum Gasteiger partial charge on any atom is 0.357 e. The third kappa shape index (κ3) is 5.27. The third-order valence-electron chi connectivity index (χ3n) is 1.75. The molecule has 0 bridgehead atoms. The highest BCUT2D eigenvalue weighted by molar-refractivity contribution is 7.88. The van der Waals surface area contributed by atoms with Crippen molar-refractivity contribution < 1.29 is 38.9 Å². The molecule has 14 heteroatoms. The Morgan fingerprint density at radius 1 is 0.800 bits per heavy atom. The number of nitrogens with one attached hydrogen (secondary N) is 2. The predicted octanol–water partition coefficient (Wildman–Crippen LogP) is -0.637. The molecule has 0 aromatic heterocycles. The Bertz CT molecular complexity index is 824. The van der Waals surface area contributed by atoms with Crippen LogP contribution in [0.2, 0.25) is 0 Å². The molecule has 0 heterocycles. The molecular formula is C6H8N2O9S3. The minimum Gasteiger partial charge on any atom is -0.282 e. The highest BCUT2D eigenvalue weighted by atomic mass is 32.2. The van der Waals surface area contributed by atoms with Crippen LogP contribution in [0.3, 0.4) is 0 Å². The van der Waals surface area contributed by atoms with Crippen LogP contribution in [0.5, 0.6) is 0 Å². The summed E-state index contributed by atoms with van der Waals surface area (Å²) in [7, 11) is -14.5. The minimum absolute atomic E-state index is 0.471. The average molecular weight is 348 g/mol. The monoisotopic (exact) mass is 348 g/mol. The van der Waals surface area contributed by atoms with Gasteiger partial charge < -0.3 is 0 Å². The highest BCUT2D eigenvalue weighted by Crippen LogP contribution is 2.26. The van der Waals surface area contributed by atoms with E-state index in [0.717, 1.165) is 12.1 Å². The first kappa shape index (κ1) is 16.6. The van der Waals surface area contributed by atoms with Gasteiger partial charge in [0.2, 0.25) is 0 Å². The molecule has 5 N–H and O–H groups in total. The van der Waals surface area contributed by atoms with Gasteiger partial charge in [-0.3, -0.25) is 23.1 Å². The zero-order valence-electron chi connectivity index (χ0n) is 9.25. The average Bonchev–Trinajstić information content (AvgIpc) is 2.14. The molecule has 0 spiro atoms. The van der Waals surface area contributed by atoms with Crippen molar-refractivity contribution >= 4 is 42.1 Å². The lowest BCUT2D eigenvalue weighted by Crippen LogP contribution is -2.15. The van der Waals surface area contributed by atoms with Crippen molar-refractivity contribution in [2.45, 2.75) is 4.90 Å². The molecule has 0 radical (unpaired) electrons. The summed E-state index contributed by atoms with van der Waals surface area (Å²) in [6.45, 7) is 0. The second-order valence-electron chi connectivity index (χ2n) is 3.34. The summed E-state index contributed by atoms with van der Waals surface area (Å²) in [6.07, 6.45) is 0. The van der Waals surface area contributed by atoms with E-state index in [1.165, 1.54) is 9.44 Å². The lowest BCUT2D eigenvalue weighted by Gasteiger charge is -2.10. The zero-order valence-corrected chi connectivity index (χ0v) is 11.7. The molecular weight excluding hydrogens is 340 g/mol. The van der Waals surface area contributed by atoms with E-state index in [-0.39, 0.29) is 0 Å². The smallest absolute Gasteiger partial charge is 0.282 e. The summed E-state index contributed by atoms with van der Waals surface area (Å²) in [5, 5.41) is 0. The van der Waals surface area contributed by atoms with Crippen LogP contribution in [0, 0.1) is 0 Å². The molecule has 0 aliphatic heterocycles. The molecule has 0 amide bonds. The van der Waals surface area contributed by atoms with Crippen molar-refractivity contribution in [3.8, 4) is 0 Å². The van der Waals surface area contributed by atoms with Gasteiger partial charge in [-0.25, -0.2) is 0 Å². The number of hydrogen-bond acceptors (Lipinski definition) is 6. The van der Waals surface area contributed by atoms with Gasteiger partial charge in [0.05, 0.1) is 11.4 Å². The molecule has 0 unspecified atom stereocenters. The van der Waals surface area contributed by atoms with Crippen molar-refractivity contribution in [2.24, 2.45) is 0 Å². The van der Waals surface area contributed by atoms with Gasteiger partial charge in [0.15, 0.2) is 0 Å². The molecule has 11 nitrogen and oxygen atoms in total. The van der Waals surface area contributed by atoms with Crippen LogP contribution in [-0.4, -0.2) is 38.9 Å². The first-order chi connectivity index (χ1) is 8.78. The van der Waals surface area contributed by atoms with Crippen LogP contribution in [-0.2, 0) is 30.7 Å². The summed E-state index contributed by atoms with van der Waals surface area (Å²) in [4.78, 5) is -1.04. The van der Waals surface area contributed by atoms with Gasteiger partial charge >= 0.3 is 20.6 Å². The molecule has 1 aromatic rings. The summed E-state index contributed by atoms with van der Waals surface area (Å²) < 4.78 is 93.3. The second-order valence-corrected chi connectivity index (χ2v) is 7.04. The van der Waals surface area contributed by atoms with Gasteiger partial charge in [-0.05, 0) is 18.2 Å². The van der Waals surface area contributed by atoms with E-state index in [9.17, 15) is 25.3 Å². The summed E-state index contributed by atoms with van der Waals surface area (Å²) >= 11 is 0. The fourth-order valence-electron chi connectivity index (χ4n) is 1.17. The maximum absolute atomic E-state index is 11.1. The van der Waals surface area contributed by atoms with Gasteiger partial charge in [-0.1, -0.05) is 0 Å². The SMILES string of the molecule is O=S(=O)(O)Nc1ccc(NS(=O)(=O)O)c(S(=O)(=O)O)c1. The molecule has 0 aliphatic carbocycles. The van der Waals surface area contributed by atoms with E-state index in [2.05, 4.69) is 0 Å². The molecule has 0 atom stereocenters. The Labute approximate surface area is 114 Å². The van der Waals surface area contributed by atoms with Crippen LogP contribution in [0.25, 0.3) is 0 Å². The summed E-state index contributed by atoms with van der Waals surface area (Å²) in [6, 6.07) is 2.14. The number of hydrogen-bond donors (Lipinski definition) is 5. The highest BCUT2D eigenvalue weighted by Gasteiger charge is 2.20. The van der Waals surface area contributed by atoms with E-state index in [1.807, 2.05) is 0 Å². The van der Waals surface area contributed by atoms with E-state index in [0.29, 0.717) is 6.07 Å². The van der Waals surface area contributed by atoms with Gasteiger partial charge in [-0.15, -0.1) is 0 Å². The van der Waals surface area contributed by atoms with Crippen LogP contribution in [0.15, 0.2) is 23.1 Å². The fraction of sp³-hybridized carbons (Fsp3) is 0. The second kappa shape index (κ2) is 5.15. The molecule has 114 valence electrons. The van der Waals surface area contributed by atoms with Crippen molar-refractivity contribution in [3.05, 3.63) is 18.2 Å². The van der Waals surface area contributed by atoms with Gasteiger partial charge in [0.25, 0.3) is 10.1 Å². The number of benzene rings is 1. The van der Waals surface area contributed by atoms with Crippen molar-refractivity contribution in [1.82, 2.24) is 0 Å². The van der Waals surface area contributed by atoms with Crippen LogP contribution >= 0.6 is 0 Å². The van der Waals surface area contributed by atoms with E-state index < -0.39 is 47.0 Å². The van der Waals surface area contributed by atoms with E-state index in [1.54, 1.807) is 0 Å². The van der Waals surface area contributed by atoms with Crippen molar-refractivity contribution in [2.75, 3.05) is 9.44 Å². The Hall–Kier alpha value is -1.45. The normalized spacial score (nSPS) is 12.9. The first-order valence-electron chi connectivity index (χ1n) is 4.40. The van der Waals surface area contributed by atoms with Gasteiger partial charge in [0.1, 0.15) is 4.90 Å². The largest absolute Gasteiger partial charge is 0.357 e. The quantitative estimate of drug-likeness (QED) is 0.431. The Morgan fingerprint density at radius 2 is 1.30 bits per heavy atom. The van der Waals surface area contributed by atoms with Crippen molar-refractivity contribution in [1.29, 1.82) is 0 Å². The lowest BCUT2D eigenvalue weighted by atomic mass is 10.3. The molecule has 0 fully saturated rings. The minimum atomic E-state index is -4.94. The summed E-state index contributed by atoms with van der Waals surface area (Å²) in [5.74, 6) is 0. The zero-order chi connectivity index (χ0) is 15.8. The molecule has 20 heavy (non-hydrogen) atoms. The Morgan fingerprint density at radius 3 is 1.70 bits per heavy atom. The standard InChI is InChI=1S/C6H8N2O9S3/c9-18(10,11)6-3-4(7-19(12,13)14)1-2-5(6)8-20(15,16)17/h1-3,7-8H,(H,9,10,11)(H,12,13,14)(H,15,16,17). The topological polar surface area (TPSA) is 187 Å². The first-order valence-corrected chi connectivity index (χ1v) is 8.72. The van der Waals surface area contributed by atoms with Crippen LogP contribution in [0.4, 0.5) is 11.4 Å². The number of rotatable bonds is 5. The van der Waals surface area contributed by atoms with Crippen LogP contribution < -0.4 is 9.44 Å². The molecule has 0 saturated carbocycles. The molecule has 0 aliphatic rings. The summed E-state index contributed by atoms with van der Waals surface area (Å²) in [5.41, 5.74) is -1.20. The fourth-order valence-corrected chi connectivity index (χ4v) is 2.79. The van der Waals surface area contributed by atoms with E-state index >= 15 is 0 Å². The molecule has 1 rings (SSSR count). The number of anilines is 2. The predicted molar refractivity (Wildman–Crippen MR) is 66.6 cm³/mol. The Kier molecular flexibility index (Phi) is 4.28. The molecule has 1 aromatic carbocycles. The van der Waals surface area contributed by atoms with Crippen LogP contribution in [0.1, 0.15) is 0 Å². The molecule has 0 saturated heterocycles. The van der Waals surface area contributed by atoms with E-state index in [4.69, 9.17) is 13.7 Å². The maximum atomic E-state index is 11.1. The van der Waals surface area contributed by atoms with Gasteiger partial charge in [0, 0.05) is 0 Å². The third-order valence-corrected chi connectivity index (χ3v) is 3.61.